The van der Waals surface area contributed by atoms with Crippen LogP contribution in [-0.2, 0) is 24.3 Å². The largest absolute Gasteiger partial charge is 0.372 e. The zero-order valence-corrected chi connectivity index (χ0v) is 11.1. The van der Waals surface area contributed by atoms with E-state index in [1.165, 1.54) is 0 Å². The van der Waals surface area contributed by atoms with Crippen molar-refractivity contribution in [3.63, 3.8) is 0 Å². The second kappa shape index (κ2) is 4.18. The van der Waals surface area contributed by atoms with E-state index in [0.717, 1.165) is 53.0 Å². The van der Waals surface area contributed by atoms with Gasteiger partial charge in [0.1, 0.15) is 12.4 Å². The topological polar surface area (TPSA) is 56.2 Å². The van der Waals surface area contributed by atoms with Crippen molar-refractivity contribution in [2.75, 3.05) is 13.2 Å². The molecule has 4 rings (SSSR count). The molecule has 0 saturated carbocycles. The normalized spacial score (nSPS) is 17.8. The lowest BCUT2D eigenvalue weighted by Crippen LogP contribution is -2.30. The van der Waals surface area contributed by atoms with E-state index >= 15 is 0 Å². The number of hydrogen-bond acceptors (Lipinski definition) is 4. The van der Waals surface area contributed by atoms with Gasteiger partial charge in [0.05, 0.1) is 28.3 Å². The van der Waals surface area contributed by atoms with Crippen LogP contribution in [0.4, 0.5) is 0 Å². The van der Waals surface area contributed by atoms with Gasteiger partial charge in [-0.1, -0.05) is 0 Å². The summed E-state index contributed by atoms with van der Waals surface area (Å²) in [5.41, 5.74) is 2.26. The van der Waals surface area contributed by atoms with Crippen molar-refractivity contribution < 1.29 is 9.53 Å². The third-order valence-electron chi connectivity index (χ3n) is 3.58. The van der Waals surface area contributed by atoms with Crippen molar-refractivity contribution in [1.82, 2.24) is 14.9 Å². The molecule has 0 radical (unpaired) electrons. The van der Waals surface area contributed by atoms with Gasteiger partial charge >= 0.3 is 0 Å². The number of carbonyl (C=O) groups is 1. The number of fused-ring (bicyclic) bond motifs is 2. The molecule has 2 aliphatic heterocycles. The molecule has 2 aromatic heterocycles. The number of ether oxygens (including phenoxy) is 1. The number of aromatic nitrogens is 2. The molecule has 0 bridgehead atoms. The van der Waals surface area contributed by atoms with Gasteiger partial charge in [-0.2, -0.15) is 0 Å². The molecule has 2 aliphatic rings. The van der Waals surface area contributed by atoms with E-state index < -0.39 is 0 Å². The first-order chi connectivity index (χ1) is 9.33. The fourth-order valence-corrected chi connectivity index (χ4v) is 3.76. The van der Waals surface area contributed by atoms with Crippen LogP contribution in [-0.4, -0.2) is 28.6 Å². The number of rotatable bonds is 1. The standard InChI is InChI=1S/C13H13N3O2S/c17-13-12-8(1-2-14-13)5-10(19-12)9-6-15-11-7-18-4-3-16(9)11/h5-6H,1-4,7H2,(H,14,17). The zero-order chi connectivity index (χ0) is 12.8. The lowest BCUT2D eigenvalue weighted by molar-refractivity contribution is 0.0822. The lowest BCUT2D eigenvalue weighted by Gasteiger charge is -2.16. The lowest BCUT2D eigenvalue weighted by atomic mass is 10.1. The maximum absolute atomic E-state index is 11.8. The summed E-state index contributed by atoms with van der Waals surface area (Å²) < 4.78 is 7.59. The Morgan fingerprint density at radius 1 is 1.47 bits per heavy atom. The van der Waals surface area contributed by atoms with Gasteiger partial charge in [0.2, 0.25) is 0 Å². The van der Waals surface area contributed by atoms with Crippen molar-refractivity contribution >= 4 is 17.2 Å². The molecule has 0 aromatic carbocycles. The molecule has 1 N–H and O–H groups in total. The zero-order valence-electron chi connectivity index (χ0n) is 10.3. The van der Waals surface area contributed by atoms with Crippen molar-refractivity contribution in [3.8, 4) is 10.6 Å². The molecular formula is C13H13N3O2S. The second-order valence-electron chi connectivity index (χ2n) is 4.73. The van der Waals surface area contributed by atoms with E-state index in [1.54, 1.807) is 11.3 Å². The number of hydrogen-bond donors (Lipinski definition) is 1. The van der Waals surface area contributed by atoms with E-state index in [0.29, 0.717) is 6.61 Å². The van der Waals surface area contributed by atoms with Crippen LogP contribution in [0.25, 0.3) is 10.6 Å². The highest BCUT2D eigenvalue weighted by molar-refractivity contribution is 7.17. The highest BCUT2D eigenvalue weighted by Crippen LogP contribution is 2.34. The predicted molar refractivity (Wildman–Crippen MR) is 71.2 cm³/mol. The molecular weight excluding hydrogens is 262 g/mol. The van der Waals surface area contributed by atoms with Crippen molar-refractivity contribution in [2.24, 2.45) is 0 Å². The van der Waals surface area contributed by atoms with Crippen LogP contribution >= 0.6 is 11.3 Å². The second-order valence-corrected chi connectivity index (χ2v) is 5.79. The average Bonchev–Trinajstić information content (AvgIpc) is 3.02. The average molecular weight is 275 g/mol. The predicted octanol–water partition coefficient (Wildman–Crippen LogP) is 1.43. The molecule has 2 aromatic rings. The fraction of sp³-hybridized carbons (Fsp3) is 0.385. The molecule has 0 unspecified atom stereocenters. The smallest absolute Gasteiger partial charge is 0.261 e. The monoisotopic (exact) mass is 275 g/mol. The van der Waals surface area contributed by atoms with Crippen LogP contribution < -0.4 is 5.32 Å². The van der Waals surface area contributed by atoms with Crippen LogP contribution in [0.1, 0.15) is 21.1 Å². The molecule has 4 heterocycles. The third kappa shape index (κ3) is 1.71. The maximum Gasteiger partial charge on any atom is 0.261 e. The number of imidazole rings is 1. The van der Waals surface area contributed by atoms with E-state index in [2.05, 4.69) is 20.9 Å². The van der Waals surface area contributed by atoms with E-state index in [-0.39, 0.29) is 5.91 Å². The summed E-state index contributed by atoms with van der Waals surface area (Å²) in [4.78, 5) is 18.2. The minimum absolute atomic E-state index is 0.0548. The van der Waals surface area contributed by atoms with Gasteiger partial charge in [0.25, 0.3) is 5.91 Å². The number of nitrogens with one attached hydrogen (secondary N) is 1. The molecule has 0 aliphatic carbocycles. The van der Waals surface area contributed by atoms with Gasteiger partial charge in [-0.05, 0) is 18.1 Å². The third-order valence-corrected chi connectivity index (χ3v) is 4.77. The van der Waals surface area contributed by atoms with E-state index in [9.17, 15) is 4.79 Å². The van der Waals surface area contributed by atoms with Gasteiger partial charge in [-0.15, -0.1) is 11.3 Å². The van der Waals surface area contributed by atoms with Crippen molar-refractivity contribution in [1.29, 1.82) is 0 Å². The maximum atomic E-state index is 11.8. The highest BCUT2D eigenvalue weighted by atomic mass is 32.1. The van der Waals surface area contributed by atoms with Gasteiger partial charge < -0.3 is 14.6 Å². The summed E-state index contributed by atoms with van der Waals surface area (Å²) in [5, 5.41) is 2.89. The first kappa shape index (κ1) is 11.2. The molecule has 6 heteroatoms. The molecule has 19 heavy (non-hydrogen) atoms. The van der Waals surface area contributed by atoms with Crippen molar-refractivity contribution in [2.45, 2.75) is 19.6 Å². The first-order valence-electron chi connectivity index (χ1n) is 6.36. The van der Waals surface area contributed by atoms with E-state index in [1.807, 2.05) is 6.20 Å². The highest BCUT2D eigenvalue weighted by Gasteiger charge is 2.23. The summed E-state index contributed by atoms with van der Waals surface area (Å²) in [6.45, 7) is 2.87. The minimum atomic E-state index is 0.0548. The Labute approximate surface area is 114 Å². The molecule has 0 spiro atoms. The fourth-order valence-electron chi connectivity index (χ4n) is 2.62. The van der Waals surface area contributed by atoms with Crippen LogP contribution in [0.3, 0.4) is 0 Å². The van der Waals surface area contributed by atoms with Gasteiger partial charge in [-0.25, -0.2) is 4.98 Å². The van der Waals surface area contributed by atoms with Crippen LogP contribution in [0.5, 0.6) is 0 Å². The Bertz CT molecular complexity index is 659. The summed E-state index contributed by atoms with van der Waals surface area (Å²) >= 11 is 1.56. The Morgan fingerprint density at radius 2 is 2.42 bits per heavy atom. The van der Waals surface area contributed by atoms with Crippen LogP contribution in [0.15, 0.2) is 12.3 Å². The van der Waals surface area contributed by atoms with E-state index in [4.69, 9.17) is 4.74 Å². The minimum Gasteiger partial charge on any atom is -0.372 e. The number of carbonyl (C=O) groups excluding carboxylic acids is 1. The quantitative estimate of drug-likeness (QED) is 0.856. The molecule has 0 saturated heterocycles. The molecule has 0 atom stereocenters. The Kier molecular flexibility index (Phi) is 2.46. The first-order valence-corrected chi connectivity index (χ1v) is 7.18. The molecule has 1 amide bonds. The van der Waals surface area contributed by atoms with Crippen LogP contribution in [0.2, 0.25) is 0 Å². The summed E-state index contributed by atoms with van der Waals surface area (Å²) in [5.74, 6) is 1.02. The van der Waals surface area contributed by atoms with Gasteiger partial charge in [-0.3, -0.25) is 4.79 Å². The summed E-state index contributed by atoms with van der Waals surface area (Å²) in [6.07, 6.45) is 2.81. The number of thiophene rings is 1. The van der Waals surface area contributed by atoms with Gasteiger partial charge in [0, 0.05) is 13.1 Å². The Hall–Kier alpha value is -1.66. The number of amides is 1. The number of nitrogens with zero attached hydrogens (tertiary/aromatic N) is 2. The van der Waals surface area contributed by atoms with Crippen molar-refractivity contribution in [3.05, 3.63) is 28.5 Å². The SMILES string of the molecule is O=C1NCCc2cc(-c3cnc4n3CCOC4)sc21. The molecule has 98 valence electrons. The Balaban J connectivity index is 1.81. The molecule has 5 nitrogen and oxygen atoms in total. The molecule has 0 fully saturated rings. The Morgan fingerprint density at radius 3 is 3.32 bits per heavy atom. The van der Waals surface area contributed by atoms with Gasteiger partial charge in [0.15, 0.2) is 0 Å². The van der Waals surface area contributed by atoms with Crippen LogP contribution in [0, 0.1) is 0 Å². The summed E-state index contributed by atoms with van der Waals surface area (Å²) in [6, 6.07) is 2.14. The summed E-state index contributed by atoms with van der Waals surface area (Å²) in [7, 11) is 0.